The van der Waals surface area contributed by atoms with Crippen molar-refractivity contribution in [1.29, 1.82) is 10.8 Å². The molecule has 12 heteroatoms. The zero-order valence-corrected chi connectivity index (χ0v) is 25.6. The predicted octanol–water partition coefficient (Wildman–Crippen LogP) is 4.85. The Bertz CT molecular complexity index is 1620. The van der Waals surface area contributed by atoms with Gasteiger partial charge in [0, 0.05) is 51.2 Å². The van der Waals surface area contributed by atoms with Gasteiger partial charge in [0.2, 0.25) is 5.91 Å². The first-order valence-electron chi connectivity index (χ1n) is 13.5. The molecule has 43 heavy (non-hydrogen) atoms. The molecule has 0 aliphatic heterocycles. The molecule has 1 unspecified atom stereocenters. The van der Waals surface area contributed by atoms with E-state index in [1.165, 1.54) is 24.5 Å². The molecule has 12 nitrogen and oxygen atoms in total. The van der Waals surface area contributed by atoms with Crippen LogP contribution in [0.2, 0.25) is 0 Å². The maximum absolute atomic E-state index is 13.2. The SMILES string of the molecule is CNc1ccc(C#Cc2cc(-c3ncnc(C(C)=N)c3NC)cc(NC(=O)C(C)N(C)C(=O)OC(C)(C)C)n2)cc1C=N.[HH]. The van der Waals surface area contributed by atoms with E-state index in [1.807, 2.05) is 12.1 Å². The zero-order valence-electron chi connectivity index (χ0n) is 25.6. The number of ether oxygens (including phenoxy) is 1. The summed E-state index contributed by atoms with van der Waals surface area (Å²) in [6, 6.07) is 7.95. The highest BCUT2D eigenvalue weighted by atomic mass is 16.6. The minimum absolute atomic E-state index is 0. The van der Waals surface area contributed by atoms with E-state index in [0.717, 1.165) is 5.69 Å². The van der Waals surface area contributed by atoms with Crippen molar-refractivity contribution in [1.82, 2.24) is 19.9 Å². The topological polar surface area (TPSA) is 169 Å². The summed E-state index contributed by atoms with van der Waals surface area (Å²) in [5, 5.41) is 24.7. The lowest BCUT2D eigenvalue weighted by molar-refractivity contribution is -0.120. The van der Waals surface area contributed by atoms with Crippen LogP contribution in [0.5, 0.6) is 0 Å². The Balaban J connectivity index is 0.00000675. The Morgan fingerprint density at radius 3 is 2.44 bits per heavy atom. The van der Waals surface area contributed by atoms with Crippen molar-refractivity contribution in [2.24, 2.45) is 0 Å². The van der Waals surface area contributed by atoms with Crippen molar-refractivity contribution in [2.45, 2.75) is 46.3 Å². The highest BCUT2D eigenvalue weighted by molar-refractivity contribution is 6.02. The second-order valence-electron chi connectivity index (χ2n) is 10.7. The van der Waals surface area contributed by atoms with E-state index in [-0.39, 0.29) is 13.0 Å². The number of anilines is 3. The molecule has 3 aromatic rings. The molecule has 1 atom stereocenters. The van der Waals surface area contributed by atoms with Gasteiger partial charge in [0.15, 0.2) is 0 Å². The highest BCUT2D eigenvalue weighted by Crippen LogP contribution is 2.30. The van der Waals surface area contributed by atoms with Crippen molar-refractivity contribution < 1.29 is 15.8 Å². The minimum atomic E-state index is -0.876. The van der Waals surface area contributed by atoms with Crippen molar-refractivity contribution in [3.8, 4) is 23.1 Å². The number of carbonyl (C=O) groups is 2. The van der Waals surface area contributed by atoms with Gasteiger partial charge in [-0.1, -0.05) is 5.92 Å². The van der Waals surface area contributed by atoms with E-state index >= 15 is 0 Å². The molecule has 226 valence electrons. The van der Waals surface area contributed by atoms with Crippen molar-refractivity contribution in [2.75, 3.05) is 37.1 Å². The van der Waals surface area contributed by atoms with E-state index in [9.17, 15) is 9.59 Å². The van der Waals surface area contributed by atoms with Crippen LogP contribution < -0.4 is 16.0 Å². The van der Waals surface area contributed by atoms with E-state index < -0.39 is 23.6 Å². The van der Waals surface area contributed by atoms with Gasteiger partial charge in [-0.25, -0.2) is 19.7 Å². The first-order valence-corrected chi connectivity index (χ1v) is 13.5. The number of nitrogens with zero attached hydrogens (tertiary/aromatic N) is 4. The van der Waals surface area contributed by atoms with Crippen LogP contribution in [0.3, 0.4) is 0 Å². The smallest absolute Gasteiger partial charge is 0.410 e. The van der Waals surface area contributed by atoms with Crippen LogP contribution in [0.4, 0.5) is 22.0 Å². The molecular formula is C31H39N9O3. The molecule has 0 fully saturated rings. The van der Waals surface area contributed by atoms with E-state index in [1.54, 1.807) is 66.9 Å². The molecule has 2 heterocycles. The number of likely N-dealkylation sites (N-methyl/N-ethyl adjacent to an activating group) is 1. The van der Waals surface area contributed by atoms with Crippen LogP contribution in [-0.4, -0.2) is 76.6 Å². The molecule has 0 spiro atoms. The highest BCUT2D eigenvalue weighted by Gasteiger charge is 2.27. The Morgan fingerprint density at radius 2 is 1.84 bits per heavy atom. The summed E-state index contributed by atoms with van der Waals surface area (Å²) in [6.45, 7) is 8.47. The van der Waals surface area contributed by atoms with Gasteiger partial charge < -0.3 is 31.5 Å². The van der Waals surface area contributed by atoms with Gasteiger partial charge in [-0.15, -0.1) is 0 Å². The molecule has 0 aliphatic carbocycles. The van der Waals surface area contributed by atoms with Crippen LogP contribution in [-0.2, 0) is 9.53 Å². The summed E-state index contributed by atoms with van der Waals surface area (Å²) in [7, 11) is 4.98. The van der Waals surface area contributed by atoms with Gasteiger partial charge in [-0.2, -0.15) is 0 Å². The van der Waals surface area contributed by atoms with Gasteiger partial charge in [0.05, 0.1) is 17.1 Å². The molecular weight excluding hydrogens is 546 g/mol. The van der Waals surface area contributed by atoms with Crippen LogP contribution in [0.15, 0.2) is 36.7 Å². The molecule has 5 N–H and O–H groups in total. The number of rotatable bonds is 8. The third-order valence-corrected chi connectivity index (χ3v) is 6.26. The number of nitrogens with one attached hydrogen (secondary N) is 5. The Morgan fingerprint density at radius 1 is 1.12 bits per heavy atom. The van der Waals surface area contributed by atoms with Gasteiger partial charge >= 0.3 is 6.09 Å². The van der Waals surface area contributed by atoms with Gasteiger partial charge in [-0.05, 0) is 70.9 Å². The summed E-state index contributed by atoms with van der Waals surface area (Å²) in [6.07, 6.45) is 1.98. The lowest BCUT2D eigenvalue weighted by Crippen LogP contribution is -2.45. The lowest BCUT2D eigenvalue weighted by atomic mass is 10.1. The molecule has 0 aliphatic rings. The lowest BCUT2D eigenvalue weighted by Gasteiger charge is -2.28. The van der Waals surface area contributed by atoms with Crippen LogP contribution in [0, 0.1) is 22.7 Å². The van der Waals surface area contributed by atoms with E-state index in [2.05, 4.69) is 42.7 Å². The van der Waals surface area contributed by atoms with Crippen molar-refractivity contribution in [3.63, 3.8) is 0 Å². The van der Waals surface area contributed by atoms with E-state index in [4.69, 9.17) is 15.6 Å². The Kier molecular flexibility index (Phi) is 10.2. The third-order valence-electron chi connectivity index (χ3n) is 6.26. The van der Waals surface area contributed by atoms with Crippen molar-refractivity contribution >= 4 is 41.1 Å². The second-order valence-corrected chi connectivity index (χ2v) is 10.7. The van der Waals surface area contributed by atoms with Gasteiger partial charge in [0.25, 0.3) is 0 Å². The molecule has 0 radical (unpaired) electrons. The van der Waals surface area contributed by atoms with E-state index in [0.29, 0.717) is 39.5 Å². The molecule has 3 rings (SSSR count). The average molecular weight is 586 g/mol. The fourth-order valence-corrected chi connectivity index (χ4v) is 3.94. The van der Waals surface area contributed by atoms with Gasteiger partial charge in [0.1, 0.15) is 35.2 Å². The summed E-state index contributed by atoms with van der Waals surface area (Å²) >= 11 is 0. The Hall–Kier alpha value is -5.31. The second kappa shape index (κ2) is 13.6. The van der Waals surface area contributed by atoms with Crippen LogP contribution in [0.1, 0.15) is 58.6 Å². The maximum Gasteiger partial charge on any atom is 0.410 e. The number of carbonyl (C=O) groups excluding carboxylic acids is 2. The number of aromatic nitrogens is 3. The van der Waals surface area contributed by atoms with Crippen LogP contribution >= 0.6 is 0 Å². The summed E-state index contributed by atoms with van der Waals surface area (Å²) < 4.78 is 5.39. The van der Waals surface area contributed by atoms with Gasteiger partial charge in [-0.3, -0.25) is 9.69 Å². The third kappa shape index (κ3) is 8.13. The monoisotopic (exact) mass is 585 g/mol. The number of hydrogen-bond donors (Lipinski definition) is 5. The summed E-state index contributed by atoms with van der Waals surface area (Å²) in [4.78, 5) is 40.2. The molecule has 2 amide bonds. The minimum Gasteiger partial charge on any atom is -0.444 e. The number of hydrogen-bond acceptors (Lipinski definition) is 10. The number of amides is 2. The largest absolute Gasteiger partial charge is 0.444 e. The maximum atomic E-state index is 13.2. The number of pyridine rings is 1. The fourth-order valence-electron chi connectivity index (χ4n) is 3.94. The van der Waals surface area contributed by atoms with Crippen molar-refractivity contribution in [3.05, 3.63) is 59.2 Å². The standard InChI is InChI=1S/C31H37N9O3.H2/c1-18(33)26-28(35-7)27(37-17-36-26)21-14-23(11-9-20-10-12-24(34-6)22(13-20)16-32)38-25(15-21)39-29(41)19(2)40(8)30(42)43-31(3,4)5;/h10,12-17,19,32-35H,1-8H3,(H,38,39,41);1H. The first-order chi connectivity index (χ1) is 20.3. The fraction of sp³-hybridized carbons (Fsp3) is 0.323. The normalized spacial score (nSPS) is 11.3. The first kappa shape index (κ1) is 32.2. The Labute approximate surface area is 253 Å². The summed E-state index contributed by atoms with van der Waals surface area (Å²) in [5.41, 5.74) is 4.05. The molecule has 0 saturated heterocycles. The molecule has 0 saturated carbocycles. The zero-order chi connectivity index (χ0) is 31.9. The molecule has 0 bridgehead atoms. The van der Waals surface area contributed by atoms with Crippen LogP contribution in [0.25, 0.3) is 11.3 Å². The summed E-state index contributed by atoms with van der Waals surface area (Å²) in [5.74, 6) is 5.83. The molecule has 1 aromatic carbocycles. The predicted molar refractivity (Wildman–Crippen MR) is 171 cm³/mol. The number of benzene rings is 1. The average Bonchev–Trinajstić information content (AvgIpc) is 2.97. The molecule has 2 aromatic heterocycles. The quantitative estimate of drug-likeness (QED) is 0.185.